The van der Waals surface area contributed by atoms with Crippen molar-refractivity contribution in [2.24, 2.45) is 5.73 Å². The van der Waals surface area contributed by atoms with Crippen LogP contribution in [0.25, 0.3) is 0 Å². The molecule has 1 aromatic rings. The van der Waals surface area contributed by atoms with Crippen molar-refractivity contribution in [3.8, 4) is 0 Å². The minimum Gasteiger partial charge on any atom is -0.348 e. The van der Waals surface area contributed by atoms with Crippen LogP contribution in [0.15, 0.2) is 18.2 Å². The highest BCUT2D eigenvalue weighted by atomic mass is 35.5. The fraction of sp³-hybridized carbons (Fsp3) is 0.500. The van der Waals surface area contributed by atoms with Gasteiger partial charge in [0.1, 0.15) is 5.82 Å². The summed E-state index contributed by atoms with van der Waals surface area (Å²) in [6.07, 6.45) is 2.93. The summed E-state index contributed by atoms with van der Waals surface area (Å²) in [6.45, 7) is 4.16. The van der Waals surface area contributed by atoms with Crippen molar-refractivity contribution in [2.75, 3.05) is 6.54 Å². The molecule has 108 valence electrons. The summed E-state index contributed by atoms with van der Waals surface area (Å²) in [4.78, 5) is 11.9. The molecule has 0 aliphatic carbocycles. The quantitative estimate of drug-likeness (QED) is 0.846. The zero-order valence-corrected chi connectivity index (χ0v) is 12.2. The lowest BCUT2D eigenvalue weighted by Crippen LogP contribution is -2.40. The van der Waals surface area contributed by atoms with E-state index in [4.69, 9.17) is 5.73 Å². The molecule has 1 rings (SSSR count). The Labute approximate surface area is 120 Å². The summed E-state index contributed by atoms with van der Waals surface area (Å²) >= 11 is 0. The van der Waals surface area contributed by atoms with Crippen molar-refractivity contribution in [1.82, 2.24) is 5.32 Å². The van der Waals surface area contributed by atoms with Gasteiger partial charge < -0.3 is 11.1 Å². The molecule has 0 heterocycles. The highest BCUT2D eigenvalue weighted by Crippen LogP contribution is 2.09. The van der Waals surface area contributed by atoms with Gasteiger partial charge in [-0.05, 0) is 31.0 Å². The molecule has 3 nitrogen and oxygen atoms in total. The first-order valence-electron chi connectivity index (χ1n) is 6.35. The summed E-state index contributed by atoms with van der Waals surface area (Å²) in [6, 6.07) is 4.45. The number of benzene rings is 1. The molecule has 0 saturated carbocycles. The lowest BCUT2D eigenvalue weighted by atomic mass is 10.1. The summed E-state index contributed by atoms with van der Waals surface area (Å²) in [5.41, 5.74) is 6.48. The normalized spacial score (nSPS) is 11.6. The number of hydrogen-bond donors (Lipinski definition) is 2. The molecule has 0 aliphatic heterocycles. The zero-order valence-electron chi connectivity index (χ0n) is 11.4. The maximum absolute atomic E-state index is 13.4. The lowest BCUT2D eigenvalue weighted by Gasteiger charge is -2.16. The SMILES string of the molecule is CCCCC(CN)NC(=O)c1ccc(C)c(F)c1.Cl. The Morgan fingerprint density at radius 3 is 2.68 bits per heavy atom. The van der Waals surface area contributed by atoms with Crippen molar-refractivity contribution in [3.05, 3.63) is 35.1 Å². The van der Waals surface area contributed by atoms with Crippen LogP contribution >= 0.6 is 12.4 Å². The van der Waals surface area contributed by atoms with Crippen molar-refractivity contribution >= 4 is 18.3 Å². The molecular weight excluding hydrogens is 267 g/mol. The molecule has 0 spiro atoms. The number of unbranched alkanes of at least 4 members (excludes halogenated alkanes) is 1. The lowest BCUT2D eigenvalue weighted by molar-refractivity contribution is 0.0935. The zero-order chi connectivity index (χ0) is 13.5. The Bertz CT molecular complexity index is 412. The Morgan fingerprint density at radius 1 is 1.47 bits per heavy atom. The van der Waals surface area contributed by atoms with Gasteiger partial charge in [0.2, 0.25) is 0 Å². The van der Waals surface area contributed by atoms with Gasteiger partial charge in [-0.25, -0.2) is 4.39 Å². The van der Waals surface area contributed by atoms with Gasteiger partial charge >= 0.3 is 0 Å². The van der Waals surface area contributed by atoms with Crippen LogP contribution in [0.4, 0.5) is 4.39 Å². The number of nitrogens with two attached hydrogens (primary N) is 1. The van der Waals surface area contributed by atoms with E-state index in [0.717, 1.165) is 19.3 Å². The van der Waals surface area contributed by atoms with E-state index in [1.54, 1.807) is 19.1 Å². The molecule has 0 fully saturated rings. The first kappa shape index (κ1) is 17.9. The second kappa shape index (κ2) is 8.88. The molecule has 1 amide bonds. The van der Waals surface area contributed by atoms with Crippen LogP contribution in [0, 0.1) is 12.7 Å². The van der Waals surface area contributed by atoms with Gasteiger partial charge in [-0.1, -0.05) is 25.8 Å². The maximum Gasteiger partial charge on any atom is 0.251 e. The monoisotopic (exact) mass is 288 g/mol. The van der Waals surface area contributed by atoms with Gasteiger partial charge in [0.15, 0.2) is 0 Å². The van der Waals surface area contributed by atoms with E-state index < -0.39 is 0 Å². The van der Waals surface area contributed by atoms with Crippen LogP contribution in [-0.2, 0) is 0 Å². The highest BCUT2D eigenvalue weighted by Gasteiger charge is 2.13. The minimum absolute atomic E-state index is 0. The van der Waals surface area contributed by atoms with Crippen molar-refractivity contribution in [2.45, 2.75) is 39.2 Å². The molecule has 1 atom stereocenters. The van der Waals surface area contributed by atoms with Crippen LogP contribution in [0.2, 0.25) is 0 Å². The molecule has 3 N–H and O–H groups in total. The van der Waals surface area contributed by atoms with Crippen LogP contribution in [-0.4, -0.2) is 18.5 Å². The van der Waals surface area contributed by atoms with Gasteiger partial charge in [-0.15, -0.1) is 12.4 Å². The molecule has 5 heteroatoms. The fourth-order valence-corrected chi connectivity index (χ4v) is 1.70. The topological polar surface area (TPSA) is 55.1 Å². The average molecular weight is 289 g/mol. The third-order valence-corrected chi connectivity index (χ3v) is 2.96. The van der Waals surface area contributed by atoms with Crippen molar-refractivity contribution in [3.63, 3.8) is 0 Å². The summed E-state index contributed by atoms with van der Waals surface area (Å²) in [5, 5.41) is 2.83. The third-order valence-electron chi connectivity index (χ3n) is 2.96. The van der Waals surface area contributed by atoms with Crippen LogP contribution in [0.5, 0.6) is 0 Å². The first-order valence-corrected chi connectivity index (χ1v) is 6.35. The molecule has 0 saturated heterocycles. The van der Waals surface area contributed by atoms with Crippen molar-refractivity contribution < 1.29 is 9.18 Å². The van der Waals surface area contributed by atoms with Crippen LogP contribution < -0.4 is 11.1 Å². The van der Waals surface area contributed by atoms with Gasteiger partial charge in [0, 0.05) is 18.2 Å². The van der Waals surface area contributed by atoms with E-state index in [2.05, 4.69) is 12.2 Å². The molecule has 0 bridgehead atoms. The Hall–Kier alpha value is -1.13. The van der Waals surface area contributed by atoms with Crippen LogP contribution in [0.3, 0.4) is 0 Å². The number of hydrogen-bond acceptors (Lipinski definition) is 2. The second-order valence-electron chi connectivity index (χ2n) is 4.51. The number of carbonyl (C=O) groups is 1. The standard InChI is InChI=1S/C14H21FN2O.ClH/c1-3-4-5-12(9-16)17-14(18)11-7-6-10(2)13(15)8-11;/h6-8,12H,3-5,9,16H2,1-2H3,(H,17,18);1H. The Kier molecular flexibility index (Phi) is 8.35. The van der Waals surface area contributed by atoms with Crippen molar-refractivity contribution in [1.29, 1.82) is 0 Å². The predicted molar refractivity (Wildman–Crippen MR) is 78.2 cm³/mol. The smallest absolute Gasteiger partial charge is 0.251 e. The molecule has 0 aromatic heterocycles. The summed E-state index contributed by atoms with van der Waals surface area (Å²) in [7, 11) is 0. The number of aryl methyl sites for hydroxylation is 1. The fourth-order valence-electron chi connectivity index (χ4n) is 1.70. The third kappa shape index (κ3) is 5.57. The molecule has 0 aliphatic rings. The van der Waals surface area contributed by atoms with E-state index in [1.807, 2.05) is 0 Å². The second-order valence-corrected chi connectivity index (χ2v) is 4.51. The molecule has 19 heavy (non-hydrogen) atoms. The molecule has 1 aromatic carbocycles. The predicted octanol–water partition coefficient (Wildman–Crippen LogP) is 2.80. The molecular formula is C14H22ClFN2O. The van der Waals surface area contributed by atoms with E-state index >= 15 is 0 Å². The summed E-state index contributed by atoms with van der Waals surface area (Å²) < 4.78 is 13.4. The highest BCUT2D eigenvalue weighted by molar-refractivity contribution is 5.94. The average Bonchev–Trinajstić information content (AvgIpc) is 2.37. The number of rotatable bonds is 6. The van der Waals surface area contributed by atoms with E-state index in [9.17, 15) is 9.18 Å². The summed E-state index contributed by atoms with van der Waals surface area (Å²) in [5.74, 6) is -0.624. The molecule has 0 radical (unpaired) electrons. The number of nitrogens with one attached hydrogen (secondary N) is 1. The van der Waals surface area contributed by atoms with Gasteiger partial charge in [0.05, 0.1) is 0 Å². The maximum atomic E-state index is 13.4. The van der Waals surface area contributed by atoms with E-state index in [0.29, 0.717) is 17.7 Å². The first-order chi connectivity index (χ1) is 8.58. The van der Waals surface area contributed by atoms with Gasteiger partial charge in [-0.2, -0.15) is 0 Å². The minimum atomic E-state index is -0.361. The largest absolute Gasteiger partial charge is 0.348 e. The number of halogens is 2. The van der Waals surface area contributed by atoms with E-state index in [-0.39, 0.29) is 30.2 Å². The number of carbonyl (C=O) groups excluding carboxylic acids is 1. The Balaban J connectivity index is 0.00000324. The van der Waals surface area contributed by atoms with Gasteiger partial charge in [0.25, 0.3) is 5.91 Å². The van der Waals surface area contributed by atoms with Gasteiger partial charge in [-0.3, -0.25) is 4.79 Å². The number of amides is 1. The Morgan fingerprint density at radius 2 is 2.16 bits per heavy atom. The molecule has 1 unspecified atom stereocenters. The van der Waals surface area contributed by atoms with Crippen LogP contribution in [0.1, 0.15) is 42.1 Å². The van der Waals surface area contributed by atoms with E-state index in [1.165, 1.54) is 6.07 Å².